The number of carbonyl (C=O) groups excluding carboxylic acids is 1. The number of nitrogens with one attached hydrogen (secondary N) is 2. The highest BCUT2D eigenvalue weighted by atomic mass is 16.1. The molecular weight excluding hydrogens is 242 g/mol. The molecule has 1 aromatic rings. The lowest BCUT2D eigenvalue weighted by molar-refractivity contribution is -0.119. The van der Waals surface area contributed by atoms with Crippen LogP contribution in [-0.2, 0) is 11.3 Å². The van der Waals surface area contributed by atoms with Gasteiger partial charge in [-0.2, -0.15) is 0 Å². The summed E-state index contributed by atoms with van der Waals surface area (Å²) < 4.78 is 0. The van der Waals surface area contributed by atoms with E-state index in [4.69, 9.17) is 0 Å². The van der Waals surface area contributed by atoms with Gasteiger partial charge in [-0.15, -0.1) is 0 Å². The second-order valence-electron chi connectivity index (χ2n) is 5.52. The highest BCUT2D eigenvalue weighted by Crippen LogP contribution is 2.06. The van der Waals surface area contributed by atoms with Crippen molar-refractivity contribution in [2.24, 2.45) is 0 Å². The fourth-order valence-electron chi connectivity index (χ4n) is 1.37. The molecule has 0 fully saturated rings. The van der Waals surface area contributed by atoms with Crippen LogP contribution >= 0.6 is 0 Å². The smallest absolute Gasteiger partial charge is 0.239 e. The summed E-state index contributed by atoms with van der Waals surface area (Å²) in [5.41, 5.74) is 1.08. The van der Waals surface area contributed by atoms with Crippen LogP contribution in [0.2, 0.25) is 0 Å². The minimum atomic E-state index is -0.0652. The van der Waals surface area contributed by atoms with Gasteiger partial charge in [0.2, 0.25) is 11.9 Å². The van der Waals surface area contributed by atoms with Crippen molar-refractivity contribution in [3.8, 4) is 0 Å². The molecule has 1 rings (SSSR count). The molecule has 0 aliphatic heterocycles. The first-order valence-corrected chi connectivity index (χ1v) is 6.29. The van der Waals surface area contributed by atoms with Crippen LogP contribution in [0.15, 0.2) is 12.4 Å². The average Bonchev–Trinajstić information content (AvgIpc) is 2.36. The van der Waals surface area contributed by atoms with Crippen LogP contribution in [0.1, 0.15) is 26.3 Å². The van der Waals surface area contributed by atoms with Gasteiger partial charge in [-0.05, 0) is 20.8 Å². The Morgan fingerprint density at radius 2 is 1.89 bits per heavy atom. The highest BCUT2D eigenvalue weighted by Gasteiger charge is 2.10. The van der Waals surface area contributed by atoms with Crippen LogP contribution in [0.3, 0.4) is 0 Å². The summed E-state index contributed by atoms with van der Waals surface area (Å²) in [6.45, 7) is 7.30. The Hall–Kier alpha value is -1.69. The number of carbonyl (C=O) groups is 1. The van der Waals surface area contributed by atoms with Gasteiger partial charge in [0.05, 0.1) is 6.54 Å². The summed E-state index contributed by atoms with van der Waals surface area (Å²) in [6, 6.07) is 0. The van der Waals surface area contributed by atoms with Crippen molar-refractivity contribution in [1.82, 2.24) is 20.6 Å². The molecule has 19 heavy (non-hydrogen) atoms. The predicted molar refractivity (Wildman–Crippen MR) is 76.0 cm³/mol. The Morgan fingerprint density at radius 3 is 2.37 bits per heavy atom. The van der Waals surface area contributed by atoms with E-state index in [1.165, 1.54) is 0 Å². The molecule has 0 radical (unpaired) electrons. The van der Waals surface area contributed by atoms with E-state index < -0.39 is 0 Å². The number of likely N-dealkylation sites (N-methyl/N-ethyl adjacent to an activating group) is 2. The SMILES string of the molecule is CNC(=O)CN(C)c1ncc(CNC(C)(C)C)cn1. The lowest BCUT2D eigenvalue weighted by atomic mass is 10.1. The largest absolute Gasteiger partial charge is 0.358 e. The van der Waals surface area contributed by atoms with E-state index in [0.717, 1.165) is 12.1 Å². The predicted octanol–water partition coefficient (Wildman–Crippen LogP) is 0.547. The Labute approximate surface area is 114 Å². The molecule has 1 heterocycles. The van der Waals surface area contributed by atoms with Crippen molar-refractivity contribution in [3.63, 3.8) is 0 Å². The molecule has 6 nitrogen and oxygen atoms in total. The minimum Gasteiger partial charge on any atom is -0.358 e. The van der Waals surface area contributed by atoms with E-state index in [1.807, 2.05) is 0 Å². The van der Waals surface area contributed by atoms with E-state index >= 15 is 0 Å². The Balaban J connectivity index is 2.58. The number of hydrogen-bond acceptors (Lipinski definition) is 5. The van der Waals surface area contributed by atoms with Gasteiger partial charge in [0.1, 0.15) is 0 Å². The van der Waals surface area contributed by atoms with Gasteiger partial charge in [-0.1, -0.05) is 0 Å². The van der Waals surface area contributed by atoms with Crippen molar-refractivity contribution >= 4 is 11.9 Å². The van der Waals surface area contributed by atoms with Gasteiger partial charge in [0.25, 0.3) is 0 Å². The van der Waals surface area contributed by atoms with Crippen molar-refractivity contribution in [2.75, 3.05) is 25.5 Å². The van der Waals surface area contributed by atoms with Gasteiger partial charge in [-0.25, -0.2) is 9.97 Å². The molecule has 106 valence electrons. The zero-order chi connectivity index (χ0) is 14.5. The lowest BCUT2D eigenvalue weighted by Crippen LogP contribution is -2.35. The maximum Gasteiger partial charge on any atom is 0.239 e. The van der Waals surface area contributed by atoms with Crippen molar-refractivity contribution in [1.29, 1.82) is 0 Å². The second kappa shape index (κ2) is 6.47. The Morgan fingerprint density at radius 1 is 1.32 bits per heavy atom. The maximum atomic E-state index is 11.3. The van der Waals surface area contributed by atoms with Gasteiger partial charge >= 0.3 is 0 Å². The molecule has 0 bridgehead atoms. The highest BCUT2D eigenvalue weighted by molar-refractivity contribution is 5.80. The Kier molecular flexibility index (Phi) is 5.23. The summed E-state index contributed by atoms with van der Waals surface area (Å²) >= 11 is 0. The molecule has 0 saturated carbocycles. The zero-order valence-electron chi connectivity index (χ0n) is 12.3. The van der Waals surface area contributed by atoms with Crippen LogP contribution in [0.5, 0.6) is 0 Å². The van der Waals surface area contributed by atoms with Crippen LogP contribution in [0.25, 0.3) is 0 Å². The van der Waals surface area contributed by atoms with Crippen molar-refractivity contribution < 1.29 is 4.79 Å². The third kappa shape index (κ3) is 5.65. The molecule has 0 spiro atoms. The molecule has 6 heteroatoms. The Bertz CT molecular complexity index is 410. The number of rotatable bonds is 5. The van der Waals surface area contributed by atoms with E-state index in [0.29, 0.717) is 5.95 Å². The van der Waals surface area contributed by atoms with E-state index in [9.17, 15) is 4.79 Å². The van der Waals surface area contributed by atoms with Crippen molar-refractivity contribution in [3.05, 3.63) is 18.0 Å². The zero-order valence-corrected chi connectivity index (χ0v) is 12.3. The number of anilines is 1. The maximum absolute atomic E-state index is 11.3. The molecule has 0 saturated heterocycles. The molecule has 0 aliphatic rings. The molecule has 1 aromatic heterocycles. The number of nitrogens with zero attached hydrogens (tertiary/aromatic N) is 3. The molecule has 0 unspecified atom stereocenters. The first-order chi connectivity index (χ1) is 8.81. The van der Waals surface area contributed by atoms with Gasteiger partial charge in [-0.3, -0.25) is 4.79 Å². The van der Waals surface area contributed by atoms with Crippen LogP contribution in [0, 0.1) is 0 Å². The lowest BCUT2D eigenvalue weighted by Gasteiger charge is -2.20. The fraction of sp³-hybridized carbons (Fsp3) is 0.615. The normalized spacial score (nSPS) is 11.2. The summed E-state index contributed by atoms with van der Waals surface area (Å²) in [5, 5.41) is 5.94. The van der Waals surface area contributed by atoms with E-state index in [1.54, 1.807) is 31.4 Å². The summed E-state index contributed by atoms with van der Waals surface area (Å²) in [4.78, 5) is 21.5. The molecule has 0 aromatic carbocycles. The standard InChI is InChI=1S/C13H23N5O/c1-13(2,3)17-8-10-6-15-12(16-7-10)18(5)9-11(19)14-4/h6-7,17H,8-9H2,1-5H3,(H,14,19). The van der Waals surface area contributed by atoms with E-state index in [2.05, 4.69) is 41.4 Å². The molecule has 2 N–H and O–H groups in total. The average molecular weight is 265 g/mol. The number of aromatic nitrogens is 2. The second-order valence-corrected chi connectivity index (χ2v) is 5.52. The summed E-state index contributed by atoms with van der Waals surface area (Å²) in [6.07, 6.45) is 3.56. The summed E-state index contributed by atoms with van der Waals surface area (Å²) in [5.74, 6) is 0.479. The van der Waals surface area contributed by atoms with Gasteiger partial charge in [0, 0.05) is 44.1 Å². The minimum absolute atomic E-state index is 0.0642. The van der Waals surface area contributed by atoms with Crippen LogP contribution < -0.4 is 15.5 Å². The first kappa shape index (κ1) is 15.4. The van der Waals surface area contributed by atoms with Crippen molar-refractivity contribution in [2.45, 2.75) is 32.9 Å². The topological polar surface area (TPSA) is 70.2 Å². The number of hydrogen-bond donors (Lipinski definition) is 2. The third-order valence-electron chi connectivity index (χ3n) is 2.52. The monoisotopic (exact) mass is 265 g/mol. The van der Waals surface area contributed by atoms with Crippen LogP contribution in [0.4, 0.5) is 5.95 Å². The van der Waals surface area contributed by atoms with Gasteiger partial charge in [0.15, 0.2) is 0 Å². The molecular formula is C13H23N5O. The third-order valence-corrected chi connectivity index (χ3v) is 2.52. The summed E-state index contributed by atoms with van der Waals surface area (Å²) in [7, 11) is 3.40. The van der Waals surface area contributed by atoms with E-state index in [-0.39, 0.29) is 18.0 Å². The first-order valence-electron chi connectivity index (χ1n) is 6.29. The van der Waals surface area contributed by atoms with Crippen LogP contribution in [-0.4, -0.2) is 42.1 Å². The molecule has 1 amide bonds. The van der Waals surface area contributed by atoms with Gasteiger partial charge < -0.3 is 15.5 Å². The fourth-order valence-corrected chi connectivity index (χ4v) is 1.37. The molecule has 0 atom stereocenters. The number of amides is 1. The quantitative estimate of drug-likeness (QED) is 0.813. The molecule has 0 aliphatic carbocycles.